The number of hydrogen-bond acceptors (Lipinski definition) is 5. The van der Waals surface area contributed by atoms with Crippen molar-refractivity contribution in [2.75, 3.05) is 10.8 Å². The maximum absolute atomic E-state index is 13.8. The minimum absolute atomic E-state index is 0.103. The largest absolute Gasteiger partial charge is 0.459 e. The molecule has 2 aromatic carbocycles. The van der Waals surface area contributed by atoms with Crippen molar-refractivity contribution in [1.82, 2.24) is 9.55 Å². The summed E-state index contributed by atoms with van der Waals surface area (Å²) in [6.45, 7) is 6.42. The van der Waals surface area contributed by atoms with Crippen molar-refractivity contribution >= 4 is 67.4 Å². The van der Waals surface area contributed by atoms with Crippen LogP contribution in [0.15, 0.2) is 65.8 Å². The highest BCUT2D eigenvalue weighted by molar-refractivity contribution is 7.92. The fourth-order valence-electron chi connectivity index (χ4n) is 3.73. The third kappa shape index (κ3) is 6.04. The molecule has 0 saturated heterocycles. The van der Waals surface area contributed by atoms with E-state index in [1.165, 1.54) is 18.2 Å². The minimum Gasteiger partial charge on any atom is -0.459 e. The smallest absolute Gasteiger partial charge is 0.327 e. The molecule has 194 valence electrons. The van der Waals surface area contributed by atoms with Gasteiger partial charge in [0.2, 0.25) is 0 Å². The van der Waals surface area contributed by atoms with Crippen molar-refractivity contribution in [2.24, 2.45) is 0 Å². The lowest BCUT2D eigenvalue weighted by Crippen LogP contribution is -2.39. The predicted octanol–water partition coefficient (Wildman–Crippen LogP) is 6.83. The second kappa shape index (κ2) is 10.2. The van der Waals surface area contributed by atoms with E-state index in [0.717, 1.165) is 9.87 Å². The van der Waals surface area contributed by atoms with E-state index < -0.39 is 28.1 Å². The molecule has 0 unspecified atom stereocenters. The zero-order valence-corrected chi connectivity index (χ0v) is 23.6. The van der Waals surface area contributed by atoms with E-state index in [4.69, 9.17) is 39.5 Å². The maximum Gasteiger partial charge on any atom is 0.327 e. The lowest BCUT2D eigenvalue weighted by atomic mass is 10.2. The molecular weight excluding hydrogens is 557 g/mol. The van der Waals surface area contributed by atoms with Crippen molar-refractivity contribution in [2.45, 2.75) is 38.2 Å². The molecule has 4 rings (SSSR count). The van der Waals surface area contributed by atoms with E-state index in [-0.39, 0.29) is 25.7 Å². The lowest BCUT2D eigenvalue weighted by molar-refractivity contribution is -0.152. The molecule has 7 nitrogen and oxygen atoms in total. The van der Waals surface area contributed by atoms with Gasteiger partial charge >= 0.3 is 5.97 Å². The molecule has 4 aromatic rings. The van der Waals surface area contributed by atoms with Crippen LogP contribution in [0.2, 0.25) is 15.1 Å². The first-order chi connectivity index (χ1) is 17.2. The maximum atomic E-state index is 13.8. The fourth-order valence-corrected chi connectivity index (χ4v) is 6.19. The topological polar surface area (TPSA) is 81.5 Å². The number of pyridine rings is 1. The van der Waals surface area contributed by atoms with Crippen LogP contribution >= 0.6 is 34.8 Å². The molecule has 2 aromatic heterocycles. The number of anilines is 1. The van der Waals surface area contributed by atoms with Gasteiger partial charge in [-0.15, -0.1) is 0 Å². The SMILES string of the molecule is Cc1ccc(-n2ccc3cc(N(CC(=O)OC(C)(C)C)S(=O)(=O)c4cc(Cl)cc(Cl)c4)c(Cl)cc32)nc1. The van der Waals surface area contributed by atoms with Crippen LogP contribution in [0.25, 0.3) is 16.7 Å². The Morgan fingerprint density at radius 1 is 1.03 bits per heavy atom. The number of benzene rings is 2. The standard InChI is InChI=1S/C26H24Cl3N3O4S/c1-16-5-6-24(30-14-16)31-8-7-17-9-23(21(29)13-22(17)31)32(15-25(33)36-26(2,3)4)37(34,35)20-11-18(27)10-19(28)12-20/h5-14H,15H2,1-4H3. The summed E-state index contributed by atoms with van der Waals surface area (Å²) in [6, 6.07) is 12.8. The number of rotatable bonds is 6. The van der Waals surface area contributed by atoms with Gasteiger partial charge in [0, 0.05) is 27.8 Å². The normalized spacial score (nSPS) is 12.1. The van der Waals surface area contributed by atoms with E-state index >= 15 is 0 Å². The van der Waals surface area contributed by atoms with Gasteiger partial charge in [0.05, 0.1) is 21.1 Å². The average molecular weight is 581 g/mol. The number of hydrogen-bond donors (Lipinski definition) is 0. The number of esters is 1. The highest BCUT2D eigenvalue weighted by Crippen LogP contribution is 2.36. The number of sulfonamides is 1. The summed E-state index contributed by atoms with van der Waals surface area (Å²) in [7, 11) is -4.33. The van der Waals surface area contributed by atoms with E-state index in [2.05, 4.69) is 4.98 Å². The second-order valence-electron chi connectivity index (χ2n) is 9.45. The molecule has 0 aliphatic carbocycles. The first-order valence-electron chi connectivity index (χ1n) is 11.2. The van der Waals surface area contributed by atoms with Gasteiger partial charge in [-0.3, -0.25) is 9.10 Å². The molecule has 0 aliphatic heterocycles. The molecule has 0 atom stereocenters. The molecule has 0 N–H and O–H groups in total. The Morgan fingerprint density at radius 3 is 2.30 bits per heavy atom. The van der Waals surface area contributed by atoms with Gasteiger partial charge in [0.1, 0.15) is 18.0 Å². The summed E-state index contributed by atoms with van der Waals surface area (Å²) >= 11 is 18.8. The van der Waals surface area contributed by atoms with Gasteiger partial charge in [-0.1, -0.05) is 40.9 Å². The Bertz CT molecular complexity index is 1570. The van der Waals surface area contributed by atoms with Crippen molar-refractivity contribution < 1.29 is 17.9 Å². The minimum atomic E-state index is -4.33. The number of carbonyl (C=O) groups excluding carboxylic acids is 1. The number of halogens is 3. The molecule has 0 amide bonds. The quantitative estimate of drug-likeness (QED) is 0.234. The zero-order chi connectivity index (χ0) is 27.1. The molecule has 0 spiro atoms. The van der Waals surface area contributed by atoms with Gasteiger partial charge in [-0.05, 0) is 75.7 Å². The summed E-state index contributed by atoms with van der Waals surface area (Å²) in [5.74, 6) is -0.0713. The third-order valence-electron chi connectivity index (χ3n) is 5.29. The summed E-state index contributed by atoms with van der Waals surface area (Å²) in [4.78, 5) is 17.1. The molecule has 0 fully saturated rings. The molecule has 11 heteroatoms. The van der Waals surface area contributed by atoms with Gasteiger partial charge in [-0.25, -0.2) is 13.4 Å². The fraction of sp³-hybridized carbons (Fsp3) is 0.231. The van der Waals surface area contributed by atoms with Crippen LogP contribution in [-0.4, -0.2) is 36.1 Å². The first-order valence-corrected chi connectivity index (χ1v) is 13.8. The van der Waals surface area contributed by atoms with Gasteiger partial charge in [-0.2, -0.15) is 0 Å². The van der Waals surface area contributed by atoms with Crippen molar-refractivity contribution in [3.05, 3.63) is 81.6 Å². The van der Waals surface area contributed by atoms with E-state index in [1.54, 1.807) is 39.1 Å². The first kappa shape index (κ1) is 27.3. The van der Waals surface area contributed by atoms with Crippen LogP contribution in [0.5, 0.6) is 0 Å². The van der Waals surface area contributed by atoms with Crippen molar-refractivity contribution in [3.8, 4) is 5.82 Å². The van der Waals surface area contributed by atoms with Crippen LogP contribution in [-0.2, 0) is 19.6 Å². The van der Waals surface area contributed by atoms with Gasteiger partial charge in [0.25, 0.3) is 10.0 Å². The molecule has 0 saturated carbocycles. The monoisotopic (exact) mass is 579 g/mol. The van der Waals surface area contributed by atoms with Crippen LogP contribution in [0.1, 0.15) is 26.3 Å². The molecule has 0 aliphatic rings. The number of aromatic nitrogens is 2. The van der Waals surface area contributed by atoms with Crippen LogP contribution in [0.4, 0.5) is 5.69 Å². The third-order valence-corrected chi connectivity index (χ3v) is 7.76. The molecule has 0 bridgehead atoms. The van der Waals surface area contributed by atoms with Crippen molar-refractivity contribution in [3.63, 3.8) is 0 Å². The van der Waals surface area contributed by atoms with Crippen LogP contribution in [0, 0.1) is 6.92 Å². The molecule has 0 radical (unpaired) electrons. The number of fused-ring (bicyclic) bond motifs is 1. The number of nitrogens with zero attached hydrogens (tertiary/aromatic N) is 3. The van der Waals surface area contributed by atoms with Crippen molar-refractivity contribution in [1.29, 1.82) is 0 Å². The Morgan fingerprint density at radius 2 is 1.70 bits per heavy atom. The highest BCUT2D eigenvalue weighted by Gasteiger charge is 2.32. The summed E-state index contributed by atoms with van der Waals surface area (Å²) in [6.07, 6.45) is 3.56. The average Bonchev–Trinajstić information content (AvgIpc) is 3.18. The van der Waals surface area contributed by atoms with E-state index in [0.29, 0.717) is 16.7 Å². The number of ether oxygens (including phenoxy) is 1. The summed E-state index contributed by atoms with van der Waals surface area (Å²) in [5, 5.41) is 1.06. The Labute approximate surface area is 230 Å². The molecule has 37 heavy (non-hydrogen) atoms. The van der Waals surface area contributed by atoms with Gasteiger partial charge in [0.15, 0.2) is 0 Å². The summed E-state index contributed by atoms with van der Waals surface area (Å²) in [5.41, 5.74) is 1.01. The Balaban J connectivity index is 1.85. The van der Waals surface area contributed by atoms with Crippen LogP contribution in [0.3, 0.4) is 0 Å². The zero-order valence-electron chi connectivity index (χ0n) is 20.5. The highest BCUT2D eigenvalue weighted by atomic mass is 35.5. The van der Waals surface area contributed by atoms with Gasteiger partial charge < -0.3 is 9.30 Å². The number of aryl methyl sites for hydroxylation is 1. The lowest BCUT2D eigenvalue weighted by Gasteiger charge is -2.27. The molecule has 2 heterocycles. The molecular formula is C26H24Cl3N3O4S. The summed E-state index contributed by atoms with van der Waals surface area (Å²) < 4.78 is 35.8. The Kier molecular flexibility index (Phi) is 7.50. The Hall–Kier alpha value is -2.78. The van der Waals surface area contributed by atoms with Crippen LogP contribution < -0.4 is 4.31 Å². The van der Waals surface area contributed by atoms with E-state index in [1.807, 2.05) is 35.9 Å². The second-order valence-corrected chi connectivity index (χ2v) is 12.6. The number of carbonyl (C=O) groups is 1. The predicted molar refractivity (Wildman–Crippen MR) is 148 cm³/mol. The van der Waals surface area contributed by atoms with E-state index in [9.17, 15) is 13.2 Å².